The standard InChI is InChI=1S/C98H174N4O42/c1-7-9-11-13-15-17-19-21-22-23-24-25-26-27-28-29-30-32-34-36-38-40-42-44-66(114)102-57(58(113)43-41-39-37-35-33-31-20-18-16-14-12-10-8-2)52-129-94-80(125)78(123)85(64(50-108)137-94)139-97-81(126)88(72(117)60(46-104)133-97)143-92-68(100-55(5)111)76(121)84(63(49-107)135-92)138-96-82(127)90(74(119)61(47-105)132-96)144-93-69(101-56(6)112)87(141-95-79(124)77(122)70(115)53(3)130-95)86(65(51-109)136-93)140-98-83(128)89(73(118)62(48-106)134-98)142-91-67(99-54(4)110)75(120)71(116)59(45-103)131-91/h21-22,41,43,53,57-65,67-98,103-109,113,115-128H,7-20,23-40,42,44-52H2,1-6H3,(H,99,110)(H,100,111)(H,101,112)(H,102,114)/b22-21-,43-41+/t53?,57-,58+,59?,60?,61?,62?,63?,64?,65?,67?,68?,69?,70+,71+,72-,73-,74-,75+,76+,77?,78+,79-,80?,81?,82?,83?,84+,85+,86+,87+,88-,89-,90-,91-,92-,93-,94+,95+,96-,97-,98-/m0/s1. The third-order valence-corrected chi connectivity index (χ3v) is 28.0. The number of aliphatic hydroxyl groups excluding tert-OH is 22. The van der Waals surface area contributed by atoms with Crippen LogP contribution in [0.5, 0.6) is 0 Å². The van der Waals surface area contributed by atoms with E-state index in [1.807, 2.05) is 6.08 Å². The van der Waals surface area contributed by atoms with Crippen LogP contribution in [0.25, 0.3) is 0 Å². The van der Waals surface area contributed by atoms with Gasteiger partial charge < -0.3 is 209 Å². The molecule has 0 spiro atoms. The molecule has 16 unspecified atom stereocenters. The van der Waals surface area contributed by atoms with Crippen LogP contribution in [0.2, 0.25) is 0 Å². The molecule has 0 radical (unpaired) electrons. The smallest absolute Gasteiger partial charge is 0.220 e. The fourth-order valence-corrected chi connectivity index (χ4v) is 19.5. The number of carbonyl (C=O) groups excluding carboxylic acids is 4. The Balaban J connectivity index is 0.919. The fourth-order valence-electron chi connectivity index (χ4n) is 19.5. The van der Waals surface area contributed by atoms with Crippen LogP contribution in [0.1, 0.15) is 260 Å². The second-order valence-corrected chi connectivity index (χ2v) is 39.5. The van der Waals surface area contributed by atoms with Crippen molar-refractivity contribution in [1.82, 2.24) is 21.3 Å². The van der Waals surface area contributed by atoms with Crippen LogP contribution in [-0.4, -0.2) is 446 Å². The zero-order chi connectivity index (χ0) is 105. The number of ether oxygens (including phenoxy) is 16. The average molecular weight is 2080 g/mol. The van der Waals surface area contributed by atoms with Gasteiger partial charge in [0.1, 0.15) is 189 Å². The highest BCUT2D eigenvalue weighted by Gasteiger charge is 2.61. The zero-order valence-corrected chi connectivity index (χ0v) is 84.3. The van der Waals surface area contributed by atoms with Crippen LogP contribution >= 0.6 is 0 Å². The van der Waals surface area contributed by atoms with Crippen LogP contribution in [0, 0.1) is 0 Å². The molecule has 8 aliphatic rings. The van der Waals surface area contributed by atoms with E-state index in [9.17, 15) is 132 Å². The van der Waals surface area contributed by atoms with Crippen molar-refractivity contribution < 1.29 is 207 Å². The van der Waals surface area contributed by atoms with Gasteiger partial charge in [-0.25, -0.2) is 0 Å². The maximum atomic E-state index is 13.7. The molecule has 8 rings (SSSR count). The highest BCUT2D eigenvalue weighted by molar-refractivity contribution is 5.76. The molecule has 0 aromatic heterocycles. The van der Waals surface area contributed by atoms with Gasteiger partial charge in [0, 0.05) is 27.2 Å². The van der Waals surface area contributed by atoms with Gasteiger partial charge in [-0.1, -0.05) is 205 Å². The summed E-state index contributed by atoms with van der Waals surface area (Å²) in [6.07, 6.45) is -29.5. The molecular weight excluding hydrogens is 1910 g/mol. The van der Waals surface area contributed by atoms with Gasteiger partial charge in [-0.3, -0.25) is 19.2 Å². The van der Waals surface area contributed by atoms with Gasteiger partial charge in [-0.05, 0) is 51.9 Å². The number of carbonyl (C=O) groups is 4. The Morgan fingerprint density at radius 2 is 0.583 bits per heavy atom. The number of aliphatic hydroxyl groups is 22. The van der Waals surface area contributed by atoms with Crippen molar-refractivity contribution in [2.45, 2.75) is 517 Å². The molecule has 0 saturated carbocycles. The molecule has 42 atom stereocenters. The normalized spacial score (nSPS) is 38.1. The summed E-state index contributed by atoms with van der Waals surface area (Å²) in [4.78, 5) is 52.9. The van der Waals surface area contributed by atoms with Gasteiger partial charge in [0.2, 0.25) is 23.6 Å². The molecule has 838 valence electrons. The first-order valence-electron chi connectivity index (χ1n) is 52.5. The summed E-state index contributed by atoms with van der Waals surface area (Å²) in [5.74, 6) is -3.07. The highest BCUT2D eigenvalue weighted by Crippen LogP contribution is 2.41. The quantitative estimate of drug-likeness (QED) is 0.0217. The number of rotatable bonds is 65. The van der Waals surface area contributed by atoms with Gasteiger partial charge in [0.25, 0.3) is 0 Å². The first-order chi connectivity index (χ1) is 69.1. The number of amides is 4. The molecular formula is C98H174N4O42. The van der Waals surface area contributed by atoms with Crippen molar-refractivity contribution in [1.29, 1.82) is 0 Å². The van der Waals surface area contributed by atoms with Crippen LogP contribution < -0.4 is 21.3 Å². The molecule has 144 heavy (non-hydrogen) atoms. The van der Waals surface area contributed by atoms with E-state index in [4.69, 9.17) is 75.8 Å². The molecule has 4 amide bonds. The SMILES string of the molecule is CCCCCCCC/C=C\CCCCCCCCCCCCCCCC(=O)N[C@@H](CO[C@@H]1OC(CO)[C@@H](O[C@@H]2OC(CO)[C@H](O)[C@H](O[C@@H]3OC(CO)[C@@H](O[C@@H]4OC(CO)[C@H](O)[C@H](O[C@@H]5OC(CO)[C@@H](O[C@@H]6OC(CO)[C@H](O)[C@H](O[C@@H]7OC(CO)[C@@H](O)[C@H](O)C7NC(C)=O)C6O)[C@H](O[C@H]6OC(C)[C@@H](O)C(O)[C@@H]6O)C5NC(C)=O)C4O)[C@H](O)C3NC(C)=O)C2O)[C@H](O)C1O)[C@H](O)/C=C/CCCCCCCCCCCCC. The molecule has 8 saturated heterocycles. The van der Waals surface area contributed by atoms with E-state index in [0.717, 1.165) is 85.0 Å². The number of nitrogens with one attached hydrogen (secondary N) is 4. The summed E-state index contributed by atoms with van der Waals surface area (Å²) >= 11 is 0. The molecule has 26 N–H and O–H groups in total. The largest absolute Gasteiger partial charge is 0.394 e. The minimum atomic E-state index is -2.41. The first kappa shape index (κ1) is 125. The van der Waals surface area contributed by atoms with Crippen molar-refractivity contribution in [3.63, 3.8) is 0 Å². The Kier molecular flexibility index (Phi) is 57.3. The van der Waals surface area contributed by atoms with Gasteiger partial charge >= 0.3 is 0 Å². The molecule has 0 aromatic carbocycles. The molecule has 8 aliphatic heterocycles. The first-order valence-corrected chi connectivity index (χ1v) is 52.5. The van der Waals surface area contributed by atoms with Crippen LogP contribution in [-0.2, 0) is 95.0 Å². The summed E-state index contributed by atoms with van der Waals surface area (Å²) < 4.78 is 96.9. The Bertz CT molecular complexity index is 3580. The Morgan fingerprint density at radius 1 is 0.285 bits per heavy atom. The third-order valence-electron chi connectivity index (χ3n) is 28.0. The lowest BCUT2D eigenvalue weighted by atomic mass is 9.93. The molecule has 8 heterocycles. The topological polar surface area (TPSA) is 709 Å². The maximum Gasteiger partial charge on any atom is 0.220 e. The van der Waals surface area contributed by atoms with Crippen molar-refractivity contribution in [2.24, 2.45) is 0 Å². The van der Waals surface area contributed by atoms with E-state index in [1.54, 1.807) is 6.08 Å². The van der Waals surface area contributed by atoms with Crippen molar-refractivity contribution in [3.8, 4) is 0 Å². The lowest BCUT2D eigenvalue weighted by Gasteiger charge is -2.52. The van der Waals surface area contributed by atoms with E-state index >= 15 is 0 Å². The molecule has 46 nitrogen and oxygen atoms in total. The van der Waals surface area contributed by atoms with Crippen LogP contribution in [0.4, 0.5) is 0 Å². The minimum absolute atomic E-state index is 0.148. The molecule has 0 aromatic rings. The molecule has 8 fully saturated rings. The number of hydrogen-bond donors (Lipinski definition) is 26. The minimum Gasteiger partial charge on any atom is -0.394 e. The zero-order valence-electron chi connectivity index (χ0n) is 84.3. The predicted octanol–water partition coefficient (Wildman–Crippen LogP) is -2.71. The number of unbranched alkanes of at least 4 members (excludes halogenated alkanes) is 30. The lowest BCUT2D eigenvalue weighted by Crippen LogP contribution is -2.72. The number of allylic oxidation sites excluding steroid dienone is 3. The average Bonchev–Trinajstić information content (AvgIpc) is 0.760. The summed E-state index contributed by atoms with van der Waals surface area (Å²) in [6.45, 7) is 0.595. The van der Waals surface area contributed by atoms with E-state index in [1.165, 1.54) is 142 Å². The highest BCUT2D eigenvalue weighted by atomic mass is 16.8. The van der Waals surface area contributed by atoms with E-state index in [0.29, 0.717) is 12.8 Å². The molecule has 46 heteroatoms. The predicted molar refractivity (Wildman–Crippen MR) is 506 cm³/mol. The fraction of sp³-hybridized carbons (Fsp3) is 0.918. The summed E-state index contributed by atoms with van der Waals surface area (Å²) in [7, 11) is 0. The molecule has 0 bridgehead atoms. The Morgan fingerprint density at radius 3 is 0.986 bits per heavy atom. The summed E-state index contributed by atoms with van der Waals surface area (Å²) in [6, 6.07) is -6.72. The van der Waals surface area contributed by atoms with Crippen molar-refractivity contribution in [3.05, 3.63) is 24.3 Å². The maximum absolute atomic E-state index is 13.7. The van der Waals surface area contributed by atoms with Gasteiger partial charge in [-0.15, -0.1) is 0 Å². The second kappa shape index (κ2) is 66.1. The van der Waals surface area contributed by atoms with Crippen molar-refractivity contribution >= 4 is 23.6 Å². The van der Waals surface area contributed by atoms with E-state index in [-0.39, 0.29) is 12.3 Å². The molecule has 0 aliphatic carbocycles. The summed E-state index contributed by atoms with van der Waals surface area (Å²) in [5.41, 5.74) is 0. The Labute approximate surface area is 843 Å². The van der Waals surface area contributed by atoms with E-state index < -0.39 is 328 Å². The second-order valence-electron chi connectivity index (χ2n) is 39.5. The number of hydrogen-bond acceptors (Lipinski definition) is 42. The Hall–Kier alpha value is -4.16. The van der Waals surface area contributed by atoms with Crippen LogP contribution in [0.3, 0.4) is 0 Å². The summed E-state index contributed by atoms with van der Waals surface area (Å²) in [5, 5.41) is 261. The third kappa shape index (κ3) is 37.4. The monoisotopic (exact) mass is 2080 g/mol. The van der Waals surface area contributed by atoms with E-state index in [2.05, 4.69) is 47.3 Å². The van der Waals surface area contributed by atoms with Gasteiger partial charge in [-0.2, -0.15) is 0 Å². The lowest BCUT2D eigenvalue weighted by molar-refractivity contribution is -0.396. The van der Waals surface area contributed by atoms with Crippen LogP contribution in [0.15, 0.2) is 24.3 Å². The van der Waals surface area contributed by atoms with Gasteiger partial charge in [0.15, 0.2) is 50.3 Å². The van der Waals surface area contributed by atoms with Crippen molar-refractivity contribution in [2.75, 3.05) is 52.9 Å². The van der Waals surface area contributed by atoms with Gasteiger partial charge in [0.05, 0.1) is 71.1 Å².